The molecule has 0 unspecified atom stereocenters. The molecule has 1 fully saturated rings. The second-order valence-electron chi connectivity index (χ2n) is 8.11. The molecule has 162 valence electrons. The largest absolute Gasteiger partial charge is 0.352 e. The smallest absolute Gasteiger partial charge is 0.326 e. The predicted octanol–water partition coefficient (Wildman–Crippen LogP) is 3.91. The van der Waals surface area contributed by atoms with Gasteiger partial charge in [0.15, 0.2) is 0 Å². The van der Waals surface area contributed by atoms with Gasteiger partial charge in [-0.2, -0.15) is 0 Å². The van der Waals surface area contributed by atoms with E-state index in [0.29, 0.717) is 17.1 Å². The van der Waals surface area contributed by atoms with Gasteiger partial charge in [-0.25, -0.2) is 4.79 Å². The number of benzene rings is 2. The Hall–Kier alpha value is -3.35. The van der Waals surface area contributed by atoms with Gasteiger partial charge in [-0.3, -0.25) is 19.4 Å². The molecule has 2 aliphatic rings. The molecule has 0 spiro atoms. The number of para-hydroxylation sites is 3. The van der Waals surface area contributed by atoms with Crippen LogP contribution in [0.15, 0.2) is 54.6 Å². The average molecular weight is 421 g/mol. The van der Waals surface area contributed by atoms with Crippen LogP contribution in [0.5, 0.6) is 0 Å². The highest BCUT2D eigenvalue weighted by molar-refractivity contribution is 6.15. The summed E-state index contributed by atoms with van der Waals surface area (Å²) in [6.45, 7) is -0.160. The van der Waals surface area contributed by atoms with Crippen LogP contribution >= 0.6 is 0 Å². The van der Waals surface area contributed by atoms with Gasteiger partial charge in [0.1, 0.15) is 13.1 Å². The molecule has 0 saturated heterocycles. The highest BCUT2D eigenvalue weighted by atomic mass is 16.2. The first-order valence-corrected chi connectivity index (χ1v) is 10.9. The summed E-state index contributed by atoms with van der Waals surface area (Å²) in [7, 11) is 0. The Balaban J connectivity index is 1.48. The first-order valence-electron chi connectivity index (χ1n) is 10.9. The predicted molar refractivity (Wildman–Crippen MR) is 121 cm³/mol. The Kier molecular flexibility index (Phi) is 6.50. The van der Waals surface area contributed by atoms with Gasteiger partial charge in [-0.1, -0.05) is 56.0 Å². The minimum absolute atomic E-state index is 0.0412. The molecule has 4 amide bonds. The first kappa shape index (κ1) is 20.9. The molecule has 2 N–H and O–H groups in total. The molecule has 0 radical (unpaired) electrons. The van der Waals surface area contributed by atoms with E-state index in [1.165, 1.54) is 22.6 Å². The van der Waals surface area contributed by atoms with Crippen LogP contribution in [0.25, 0.3) is 0 Å². The number of carbonyl (C=O) groups excluding carboxylic acids is 3. The van der Waals surface area contributed by atoms with Crippen molar-refractivity contribution in [2.45, 2.75) is 44.6 Å². The molecule has 1 saturated carbocycles. The average Bonchev–Trinajstić information content (AvgIpc) is 3.04. The van der Waals surface area contributed by atoms with Gasteiger partial charge in [-0.15, -0.1) is 0 Å². The van der Waals surface area contributed by atoms with Gasteiger partial charge in [0.25, 0.3) is 0 Å². The molecule has 4 rings (SSSR count). The Morgan fingerprint density at radius 2 is 1.52 bits per heavy atom. The maximum atomic E-state index is 12.9. The zero-order chi connectivity index (χ0) is 21.6. The van der Waals surface area contributed by atoms with Crippen LogP contribution in [0.1, 0.15) is 38.5 Å². The molecule has 31 heavy (non-hydrogen) atoms. The molecule has 0 aromatic heterocycles. The monoisotopic (exact) mass is 420 g/mol. The van der Waals surface area contributed by atoms with Gasteiger partial charge in [0, 0.05) is 11.7 Å². The maximum absolute atomic E-state index is 12.9. The molecule has 7 nitrogen and oxygen atoms in total. The minimum atomic E-state index is -0.380. The van der Waals surface area contributed by atoms with E-state index in [2.05, 4.69) is 10.6 Å². The molecular formula is C24H28N4O3. The van der Waals surface area contributed by atoms with Crippen molar-refractivity contribution >= 4 is 34.9 Å². The third-order valence-electron chi connectivity index (χ3n) is 5.85. The Morgan fingerprint density at radius 3 is 2.23 bits per heavy atom. The van der Waals surface area contributed by atoms with Gasteiger partial charge in [-0.05, 0) is 37.1 Å². The summed E-state index contributed by atoms with van der Waals surface area (Å²) in [4.78, 5) is 41.4. The second kappa shape index (κ2) is 9.64. The van der Waals surface area contributed by atoms with Crippen molar-refractivity contribution in [2.75, 3.05) is 28.2 Å². The summed E-state index contributed by atoms with van der Waals surface area (Å²) in [6.07, 6.45) is 6.66. The summed E-state index contributed by atoms with van der Waals surface area (Å²) in [6, 6.07) is 16.1. The van der Waals surface area contributed by atoms with Crippen LogP contribution < -0.4 is 20.4 Å². The van der Waals surface area contributed by atoms with E-state index in [-0.39, 0.29) is 37.0 Å². The zero-order valence-electron chi connectivity index (χ0n) is 17.5. The summed E-state index contributed by atoms with van der Waals surface area (Å²) >= 11 is 0. The van der Waals surface area contributed by atoms with Crippen LogP contribution in [0.2, 0.25) is 0 Å². The molecule has 0 atom stereocenters. The summed E-state index contributed by atoms with van der Waals surface area (Å²) < 4.78 is 0. The van der Waals surface area contributed by atoms with Crippen LogP contribution in [-0.4, -0.2) is 37.0 Å². The fourth-order valence-corrected chi connectivity index (χ4v) is 4.27. The fraction of sp³-hybridized carbons (Fsp3) is 0.375. The molecule has 1 heterocycles. The van der Waals surface area contributed by atoms with Crippen molar-refractivity contribution in [1.82, 2.24) is 5.32 Å². The quantitative estimate of drug-likeness (QED) is 0.736. The van der Waals surface area contributed by atoms with Crippen molar-refractivity contribution in [1.29, 1.82) is 0 Å². The SMILES string of the molecule is O=C(CN1C(=O)CN(C(=O)Nc2ccccc2)c2ccccc21)NC1CCCCCC1. The third-order valence-corrected chi connectivity index (χ3v) is 5.85. The van der Waals surface area contributed by atoms with E-state index in [1.54, 1.807) is 30.3 Å². The number of rotatable bonds is 4. The lowest BCUT2D eigenvalue weighted by atomic mass is 10.1. The number of hydrogen-bond donors (Lipinski definition) is 2. The van der Waals surface area contributed by atoms with Crippen molar-refractivity contribution < 1.29 is 14.4 Å². The highest BCUT2D eigenvalue weighted by Crippen LogP contribution is 2.33. The van der Waals surface area contributed by atoms with Crippen molar-refractivity contribution in [3.8, 4) is 0 Å². The van der Waals surface area contributed by atoms with Crippen LogP contribution in [0, 0.1) is 0 Å². The van der Waals surface area contributed by atoms with E-state index in [0.717, 1.165) is 25.7 Å². The van der Waals surface area contributed by atoms with E-state index in [9.17, 15) is 14.4 Å². The lowest BCUT2D eigenvalue weighted by molar-refractivity contribution is -0.123. The molecular weight excluding hydrogens is 392 g/mol. The number of urea groups is 1. The van der Waals surface area contributed by atoms with E-state index in [4.69, 9.17) is 0 Å². The molecule has 0 bridgehead atoms. The lowest BCUT2D eigenvalue weighted by Gasteiger charge is -2.36. The van der Waals surface area contributed by atoms with Crippen molar-refractivity contribution in [3.63, 3.8) is 0 Å². The van der Waals surface area contributed by atoms with Crippen LogP contribution in [0.4, 0.5) is 21.9 Å². The van der Waals surface area contributed by atoms with Gasteiger partial charge < -0.3 is 10.6 Å². The second-order valence-corrected chi connectivity index (χ2v) is 8.11. The van der Waals surface area contributed by atoms with Gasteiger partial charge in [0.05, 0.1) is 11.4 Å². The zero-order valence-corrected chi connectivity index (χ0v) is 17.5. The summed E-state index contributed by atoms with van der Waals surface area (Å²) in [5, 5.41) is 5.92. The topological polar surface area (TPSA) is 81.8 Å². The third kappa shape index (κ3) is 5.05. The van der Waals surface area contributed by atoms with Crippen LogP contribution in [-0.2, 0) is 9.59 Å². The Labute approximate surface area is 182 Å². The molecule has 7 heteroatoms. The number of amides is 4. The first-order chi connectivity index (χ1) is 15.1. The number of hydrogen-bond acceptors (Lipinski definition) is 3. The molecule has 1 aliphatic heterocycles. The van der Waals surface area contributed by atoms with E-state index < -0.39 is 0 Å². The molecule has 2 aromatic rings. The lowest BCUT2D eigenvalue weighted by Crippen LogP contribution is -2.52. The van der Waals surface area contributed by atoms with Crippen molar-refractivity contribution in [2.24, 2.45) is 0 Å². The number of nitrogens with one attached hydrogen (secondary N) is 2. The summed E-state index contributed by atoms with van der Waals surface area (Å²) in [5.74, 6) is -0.435. The standard InChI is InChI=1S/C24H28N4O3/c29-22(25-18-10-4-1-2-5-11-18)16-27-20-14-8-9-15-21(20)28(17-23(27)30)24(31)26-19-12-6-3-7-13-19/h3,6-9,12-15,18H,1-2,4-5,10-11,16-17H2,(H,25,29)(H,26,31). The number of nitrogens with zero attached hydrogens (tertiary/aromatic N) is 2. The highest BCUT2D eigenvalue weighted by Gasteiger charge is 2.33. The van der Waals surface area contributed by atoms with E-state index >= 15 is 0 Å². The maximum Gasteiger partial charge on any atom is 0.326 e. The van der Waals surface area contributed by atoms with E-state index in [1.807, 2.05) is 24.3 Å². The number of fused-ring (bicyclic) bond motifs is 1. The fourth-order valence-electron chi connectivity index (χ4n) is 4.27. The normalized spacial score (nSPS) is 17.0. The van der Waals surface area contributed by atoms with Gasteiger partial charge >= 0.3 is 6.03 Å². The van der Waals surface area contributed by atoms with Gasteiger partial charge in [0.2, 0.25) is 11.8 Å². The molecule has 2 aromatic carbocycles. The summed E-state index contributed by atoms with van der Waals surface area (Å²) in [5.41, 5.74) is 1.83. The molecule has 1 aliphatic carbocycles. The number of anilines is 3. The Morgan fingerprint density at radius 1 is 0.871 bits per heavy atom. The van der Waals surface area contributed by atoms with Crippen LogP contribution in [0.3, 0.4) is 0 Å². The number of carbonyl (C=O) groups is 3. The minimum Gasteiger partial charge on any atom is -0.352 e. The van der Waals surface area contributed by atoms with Crippen molar-refractivity contribution in [3.05, 3.63) is 54.6 Å². The Bertz CT molecular complexity index is 939.